The number of methoxy groups -OCH3 is 1. The van der Waals surface area contributed by atoms with Crippen molar-refractivity contribution in [2.24, 2.45) is 0 Å². The van der Waals surface area contributed by atoms with E-state index in [1.807, 2.05) is 0 Å². The standard InChI is InChI=1S/C10H16N4O5/c1-17-7(4-9(15)16)5-14-10(11-12-13-14)8-6-18-2-3-19-8/h7-8H,2-6H2,1H3,(H,15,16). The smallest absolute Gasteiger partial charge is 0.306 e. The molecule has 2 rings (SSSR count). The van der Waals surface area contributed by atoms with Crippen LogP contribution in [-0.2, 0) is 25.5 Å². The van der Waals surface area contributed by atoms with E-state index in [1.54, 1.807) is 0 Å². The van der Waals surface area contributed by atoms with Crippen molar-refractivity contribution in [1.82, 2.24) is 20.2 Å². The van der Waals surface area contributed by atoms with Gasteiger partial charge in [-0.3, -0.25) is 4.79 Å². The Kier molecular flexibility index (Phi) is 4.77. The first kappa shape index (κ1) is 13.8. The van der Waals surface area contributed by atoms with Crippen LogP contribution < -0.4 is 0 Å². The van der Waals surface area contributed by atoms with Gasteiger partial charge in [0.1, 0.15) is 6.10 Å². The molecule has 1 aliphatic rings. The number of hydrogen-bond donors (Lipinski definition) is 1. The second kappa shape index (κ2) is 6.55. The van der Waals surface area contributed by atoms with Crippen LogP contribution in [0.3, 0.4) is 0 Å². The lowest BCUT2D eigenvalue weighted by Gasteiger charge is -2.22. The Bertz CT molecular complexity index is 418. The van der Waals surface area contributed by atoms with Gasteiger partial charge in [-0.05, 0) is 10.4 Å². The lowest BCUT2D eigenvalue weighted by atomic mass is 10.2. The third-order valence-electron chi connectivity index (χ3n) is 2.78. The molecule has 2 atom stereocenters. The molecule has 0 amide bonds. The molecule has 0 saturated carbocycles. The van der Waals surface area contributed by atoms with Crippen LogP contribution in [0.4, 0.5) is 0 Å². The molecule has 1 N–H and O–H groups in total. The van der Waals surface area contributed by atoms with Crippen molar-refractivity contribution in [3.63, 3.8) is 0 Å². The molecule has 19 heavy (non-hydrogen) atoms. The molecule has 2 unspecified atom stereocenters. The van der Waals surface area contributed by atoms with Gasteiger partial charge in [-0.1, -0.05) is 0 Å². The molecule has 9 heteroatoms. The Morgan fingerprint density at radius 2 is 2.47 bits per heavy atom. The van der Waals surface area contributed by atoms with Crippen LogP contribution in [0.2, 0.25) is 0 Å². The van der Waals surface area contributed by atoms with Crippen LogP contribution in [0, 0.1) is 0 Å². The summed E-state index contributed by atoms with van der Waals surface area (Å²) in [6, 6.07) is 0. The molecule has 106 valence electrons. The maximum Gasteiger partial charge on any atom is 0.306 e. The van der Waals surface area contributed by atoms with E-state index >= 15 is 0 Å². The van der Waals surface area contributed by atoms with Crippen molar-refractivity contribution >= 4 is 5.97 Å². The van der Waals surface area contributed by atoms with Crippen LogP contribution in [0.15, 0.2) is 0 Å². The lowest BCUT2D eigenvalue weighted by Crippen LogP contribution is -2.28. The summed E-state index contributed by atoms with van der Waals surface area (Å²) in [5.74, 6) is -0.411. The van der Waals surface area contributed by atoms with E-state index in [-0.39, 0.29) is 19.1 Å². The third kappa shape index (κ3) is 3.69. The molecule has 1 aromatic heterocycles. The fourth-order valence-electron chi connectivity index (χ4n) is 1.82. The summed E-state index contributed by atoms with van der Waals surface area (Å²) >= 11 is 0. The van der Waals surface area contributed by atoms with Crippen molar-refractivity contribution < 1.29 is 24.1 Å². The number of carboxylic acids is 1. The number of rotatable bonds is 6. The van der Waals surface area contributed by atoms with Gasteiger partial charge in [-0.25, -0.2) is 4.68 Å². The summed E-state index contributed by atoms with van der Waals surface area (Å²) in [6.07, 6.45) is -0.937. The molecule has 0 bridgehead atoms. The predicted molar refractivity (Wildman–Crippen MR) is 60.4 cm³/mol. The minimum Gasteiger partial charge on any atom is -0.481 e. The first-order chi connectivity index (χ1) is 9.20. The van der Waals surface area contributed by atoms with E-state index in [4.69, 9.17) is 19.3 Å². The van der Waals surface area contributed by atoms with E-state index in [9.17, 15) is 4.79 Å². The number of carboxylic acid groups (broad SMARTS) is 1. The zero-order valence-electron chi connectivity index (χ0n) is 10.6. The number of aliphatic carboxylic acids is 1. The summed E-state index contributed by atoms with van der Waals surface area (Å²) in [7, 11) is 1.46. The zero-order chi connectivity index (χ0) is 13.7. The molecule has 0 aliphatic carbocycles. The number of aromatic nitrogens is 4. The van der Waals surface area contributed by atoms with Gasteiger partial charge in [0.2, 0.25) is 0 Å². The highest BCUT2D eigenvalue weighted by molar-refractivity contribution is 5.67. The van der Waals surface area contributed by atoms with Crippen molar-refractivity contribution in [3.05, 3.63) is 5.82 Å². The Labute approximate surface area is 109 Å². The van der Waals surface area contributed by atoms with E-state index in [2.05, 4.69) is 15.5 Å². The second-order valence-corrected chi connectivity index (χ2v) is 4.11. The van der Waals surface area contributed by atoms with Crippen molar-refractivity contribution in [2.45, 2.75) is 25.2 Å². The predicted octanol–water partition coefficient (Wildman–Crippen LogP) is -0.749. The summed E-state index contributed by atoms with van der Waals surface area (Å²) in [6.45, 7) is 1.68. The molecule has 0 radical (unpaired) electrons. The van der Waals surface area contributed by atoms with Gasteiger partial charge in [0.05, 0.1) is 38.9 Å². The molecule has 1 aromatic rings. The monoisotopic (exact) mass is 272 g/mol. The highest BCUT2D eigenvalue weighted by Gasteiger charge is 2.25. The second-order valence-electron chi connectivity index (χ2n) is 4.11. The Balaban J connectivity index is 2.03. The lowest BCUT2D eigenvalue weighted by molar-refractivity contribution is -0.140. The fourth-order valence-corrected chi connectivity index (χ4v) is 1.82. The van der Waals surface area contributed by atoms with Crippen LogP contribution in [0.5, 0.6) is 0 Å². The number of carbonyl (C=O) groups is 1. The number of tetrazole rings is 1. The maximum absolute atomic E-state index is 10.7. The number of hydrogen-bond acceptors (Lipinski definition) is 7. The molecule has 0 spiro atoms. The van der Waals surface area contributed by atoms with Crippen molar-refractivity contribution in [3.8, 4) is 0 Å². The van der Waals surface area contributed by atoms with E-state index < -0.39 is 12.1 Å². The van der Waals surface area contributed by atoms with E-state index in [1.165, 1.54) is 11.8 Å². The summed E-state index contributed by atoms with van der Waals surface area (Å²) in [5.41, 5.74) is 0. The van der Waals surface area contributed by atoms with Gasteiger partial charge >= 0.3 is 5.97 Å². The van der Waals surface area contributed by atoms with Gasteiger partial charge < -0.3 is 19.3 Å². The Hall–Kier alpha value is -1.58. The van der Waals surface area contributed by atoms with E-state index in [0.717, 1.165) is 0 Å². The largest absolute Gasteiger partial charge is 0.481 e. The number of nitrogens with zero attached hydrogens (tertiary/aromatic N) is 4. The van der Waals surface area contributed by atoms with Gasteiger partial charge in [0.15, 0.2) is 5.82 Å². The quantitative estimate of drug-likeness (QED) is 0.720. The average molecular weight is 272 g/mol. The number of ether oxygens (including phenoxy) is 3. The minimum atomic E-state index is -0.932. The zero-order valence-corrected chi connectivity index (χ0v) is 10.6. The van der Waals surface area contributed by atoms with Gasteiger partial charge in [0, 0.05) is 7.11 Å². The third-order valence-corrected chi connectivity index (χ3v) is 2.78. The highest BCUT2D eigenvalue weighted by Crippen LogP contribution is 2.18. The van der Waals surface area contributed by atoms with Crippen LogP contribution in [-0.4, -0.2) is 64.3 Å². The Morgan fingerprint density at radius 3 is 3.11 bits per heavy atom. The fraction of sp³-hybridized carbons (Fsp3) is 0.800. The molecule has 1 aliphatic heterocycles. The average Bonchev–Trinajstić information content (AvgIpc) is 2.86. The molecule has 0 aromatic carbocycles. The topological polar surface area (TPSA) is 109 Å². The van der Waals surface area contributed by atoms with Crippen LogP contribution in [0.1, 0.15) is 18.3 Å². The molecule has 1 saturated heterocycles. The molecule has 2 heterocycles. The first-order valence-corrected chi connectivity index (χ1v) is 5.90. The van der Waals surface area contributed by atoms with Gasteiger partial charge in [-0.2, -0.15) is 0 Å². The van der Waals surface area contributed by atoms with E-state index in [0.29, 0.717) is 25.6 Å². The molecule has 1 fully saturated rings. The molecular weight excluding hydrogens is 256 g/mol. The summed E-state index contributed by atoms with van der Waals surface area (Å²) in [4.78, 5) is 10.7. The first-order valence-electron chi connectivity index (χ1n) is 5.90. The summed E-state index contributed by atoms with van der Waals surface area (Å²) in [5, 5.41) is 20.1. The molecule has 9 nitrogen and oxygen atoms in total. The minimum absolute atomic E-state index is 0.113. The summed E-state index contributed by atoms with van der Waals surface area (Å²) < 4.78 is 17.4. The van der Waals surface area contributed by atoms with Crippen molar-refractivity contribution in [2.75, 3.05) is 26.9 Å². The normalized spacial score (nSPS) is 21.2. The van der Waals surface area contributed by atoms with Gasteiger partial charge in [-0.15, -0.1) is 5.10 Å². The highest BCUT2D eigenvalue weighted by atomic mass is 16.6. The maximum atomic E-state index is 10.7. The van der Waals surface area contributed by atoms with Gasteiger partial charge in [0.25, 0.3) is 0 Å². The Morgan fingerprint density at radius 1 is 1.63 bits per heavy atom. The van der Waals surface area contributed by atoms with Crippen LogP contribution in [0.25, 0.3) is 0 Å². The van der Waals surface area contributed by atoms with Crippen molar-refractivity contribution in [1.29, 1.82) is 0 Å². The SMILES string of the molecule is COC(CC(=O)O)Cn1nnnc1C1COCCO1. The molecular formula is C10H16N4O5. The van der Waals surface area contributed by atoms with Crippen LogP contribution >= 0.6 is 0 Å².